The van der Waals surface area contributed by atoms with Gasteiger partial charge in [-0.05, 0) is 19.0 Å². The fraction of sp³-hybridized carbons (Fsp3) is 0.429. The van der Waals surface area contributed by atoms with E-state index in [9.17, 15) is 0 Å². The lowest BCUT2D eigenvalue weighted by atomic mass is 10.0. The van der Waals surface area contributed by atoms with Crippen LogP contribution in [0, 0.1) is 0 Å². The van der Waals surface area contributed by atoms with Gasteiger partial charge in [0.1, 0.15) is 6.33 Å². The van der Waals surface area contributed by atoms with E-state index in [1.807, 2.05) is 18.2 Å². The Labute approximate surface area is 102 Å². The molecule has 0 radical (unpaired) electrons. The fourth-order valence-electron chi connectivity index (χ4n) is 2.11. The molecule has 0 aliphatic rings. The molecule has 0 spiro atoms. The predicted molar refractivity (Wildman–Crippen MR) is 71.0 cm³/mol. The number of likely N-dealkylation sites (N-methyl/N-ethyl adjacent to an activating group) is 1. The zero-order valence-corrected chi connectivity index (χ0v) is 10.5. The fourth-order valence-corrected chi connectivity index (χ4v) is 2.11. The second kappa shape index (κ2) is 5.73. The minimum Gasteiger partial charge on any atom is -0.314 e. The van der Waals surface area contributed by atoms with Gasteiger partial charge in [-0.3, -0.25) is 0 Å². The average Bonchev–Trinajstić information content (AvgIpc) is 2.38. The highest BCUT2D eigenvalue weighted by molar-refractivity contribution is 5.80. The zero-order chi connectivity index (χ0) is 12.1. The molecule has 0 bridgehead atoms. The van der Waals surface area contributed by atoms with E-state index in [2.05, 4.69) is 35.2 Å². The topological polar surface area (TPSA) is 37.8 Å². The second-order valence-electron chi connectivity index (χ2n) is 4.20. The van der Waals surface area contributed by atoms with Crippen molar-refractivity contribution < 1.29 is 0 Å². The molecule has 1 N–H and O–H groups in total. The van der Waals surface area contributed by atoms with Gasteiger partial charge in [0.25, 0.3) is 0 Å². The maximum Gasteiger partial charge on any atom is 0.116 e. The van der Waals surface area contributed by atoms with Crippen LogP contribution in [-0.2, 0) is 6.42 Å². The van der Waals surface area contributed by atoms with Crippen LogP contribution < -0.4 is 5.32 Å². The summed E-state index contributed by atoms with van der Waals surface area (Å²) in [6.07, 6.45) is 3.75. The summed E-state index contributed by atoms with van der Waals surface area (Å²) in [6.45, 7) is 5.35. The van der Waals surface area contributed by atoms with Gasteiger partial charge >= 0.3 is 0 Å². The quantitative estimate of drug-likeness (QED) is 0.856. The summed E-state index contributed by atoms with van der Waals surface area (Å²) in [5.41, 5.74) is 2.17. The van der Waals surface area contributed by atoms with Crippen LogP contribution in [0.1, 0.15) is 26.0 Å². The second-order valence-corrected chi connectivity index (χ2v) is 4.20. The number of para-hydroxylation sites is 1. The molecule has 90 valence electrons. The van der Waals surface area contributed by atoms with Gasteiger partial charge in [-0.25, -0.2) is 9.97 Å². The summed E-state index contributed by atoms with van der Waals surface area (Å²) in [7, 11) is 0. The Morgan fingerprint density at radius 2 is 2.00 bits per heavy atom. The van der Waals surface area contributed by atoms with Crippen molar-refractivity contribution in [2.45, 2.75) is 32.7 Å². The summed E-state index contributed by atoms with van der Waals surface area (Å²) in [5, 5.41) is 4.66. The maximum atomic E-state index is 4.43. The van der Waals surface area contributed by atoms with E-state index in [4.69, 9.17) is 0 Å². The molecule has 1 unspecified atom stereocenters. The molecule has 0 fully saturated rings. The van der Waals surface area contributed by atoms with Crippen LogP contribution in [0.3, 0.4) is 0 Å². The standard InChI is InChI=1S/C14H19N3/c1-3-11(15-4-2)9-14-12-7-5-6-8-13(12)16-10-17-14/h5-8,10-11,15H,3-4,9H2,1-2H3. The number of hydrogen-bond donors (Lipinski definition) is 1. The molecule has 3 nitrogen and oxygen atoms in total. The van der Waals surface area contributed by atoms with Crippen LogP contribution in [0.4, 0.5) is 0 Å². The van der Waals surface area contributed by atoms with Crippen molar-refractivity contribution in [3.05, 3.63) is 36.3 Å². The molecule has 0 aliphatic carbocycles. The Kier molecular flexibility index (Phi) is 4.04. The van der Waals surface area contributed by atoms with E-state index in [0.29, 0.717) is 6.04 Å². The molecule has 0 saturated carbocycles. The van der Waals surface area contributed by atoms with E-state index in [0.717, 1.165) is 30.6 Å². The lowest BCUT2D eigenvalue weighted by Crippen LogP contribution is -2.30. The number of nitrogens with one attached hydrogen (secondary N) is 1. The van der Waals surface area contributed by atoms with Gasteiger partial charge in [0.15, 0.2) is 0 Å². The van der Waals surface area contributed by atoms with Crippen molar-refractivity contribution in [1.29, 1.82) is 0 Å². The molecule has 1 aromatic carbocycles. The summed E-state index contributed by atoms with van der Waals surface area (Å²) in [6, 6.07) is 8.70. The van der Waals surface area contributed by atoms with Crippen LogP contribution in [0.25, 0.3) is 10.9 Å². The largest absolute Gasteiger partial charge is 0.314 e. The van der Waals surface area contributed by atoms with Gasteiger partial charge in [-0.1, -0.05) is 32.0 Å². The number of fused-ring (bicyclic) bond motifs is 1. The monoisotopic (exact) mass is 229 g/mol. The van der Waals surface area contributed by atoms with Crippen molar-refractivity contribution in [1.82, 2.24) is 15.3 Å². The van der Waals surface area contributed by atoms with E-state index in [1.165, 1.54) is 5.39 Å². The molecule has 3 heteroatoms. The first-order valence-electron chi connectivity index (χ1n) is 6.27. The molecular weight excluding hydrogens is 210 g/mol. The normalized spacial score (nSPS) is 12.8. The van der Waals surface area contributed by atoms with Crippen molar-refractivity contribution in [2.24, 2.45) is 0 Å². The Bertz CT molecular complexity index is 476. The van der Waals surface area contributed by atoms with Gasteiger partial charge in [-0.2, -0.15) is 0 Å². The van der Waals surface area contributed by atoms with E-state index >= 15 is 0 Å². The minimum absolute atomic E-state index is 0.498. The summed E-state index contributed by atoms with van der Waals surface area (Å²) in [4.78, 5) is 8.72. The Morgan fingerprint density at radius 3 is 2.76 bits per heavy atom. The Balaban J connectivity index is 2.28. The third kappa shape index (κ3) is 2.80. The predicted octanol–water partition coefficient (Wildman–Crippen LogP) is 2.56. The van der Waals surface area contributed by atoms with Crippen LogP contribution >= 0.6 is 0 Å². The third-order valence-corrected chi connectivity index (χ3v) is 3.05. The average molecular weight is 229 g/mol. The highest BCUT2D eigenvalue weighted by Crippen LogP contribution is 2.16. The maximum absolute atomic E-state index is 4.43. The van der Waals surface area contributed by atoms with Crippen molar-refractivity contribution in [3.8, 4) is 0 Å². The summed E-state index contributed by atoms with van der Waals surface area (Å²) in [5.74, 6) is 0. The number of benzene rings is 1. The van der Waals surface area contributed by atoms with E-state index in [1.54, 1.807) is 6.33 Å². The van der Waals surface area contributed by atoms with Crippen molar-refractivity contribution in [2.75, 3.05) is 6.54 Å². The molecule has 17 heavy (non-hydrogen) atoms. The lowest BCUT2D eigenvalue weighted by molar-refractivity contribution is 0.507. The molecule has 1 heterocycles. The van der Waals surface area contributed by atoms with Gasteiger partial charge in [-0.15, -0.1) is 0 Å². The number of hydrogen-bond acceptors (Lipinski definition) is 3. The summed E-state index contributed by atoms with van der Waals surface area (Å²) >= 11 is 0. The Morgan fingerprint density at radius 1 is 1.18 bits per heavy atom. The van der Waals surface area contributed by atoms with Crippen LogP contribution in [0.15, 0.2) is 30.6 Å². The Hall–Kier alpha value is -1.48. The molecular formula is C14H19N3. The van der Waals surface area contributed by atoms with E-state index < -0.39 is 0 Å². The first-order valence-corrected chi connectivity index (χ1v) is 6.27. The van der Waals surface area contributed by atoms with Gasteiger partial charge in [0.05, 0.1) is 11.2 Å². The van der Waals surface area contributed by atoms with E-state index in [-0.39, 0.29) is 0 Å². The van der Waals surface area contributed by atoms with Gasteiger partial charge in [0.2, 0.25) is 0 Å². The molecule has 2 rings (SSSR count). The molecule has 1 atom stereocenters. The van der Waals surface area contributed by atoms with Crippen molar-refractivity contribution >= 4 is 10.9 Å². The number of aromatic nitrogens is 2. The minimum atomic E-state index is 0.498. The zero-order valence-electron chi connectivity index (χ0n) is 10.5. The third-order valence-electron chi connectivity index (χ3n) is 3.05. The van der Waals surface area contributed by atoms with Crippen molar-refractivity contribution in [3.63, 3.8) is 0 Å². The molecule has 0 amide bonds. The number of nitrogens with zero attached hydrogens (tertiary/aromatic N) is 2. The van der Waals surface area contributed by atoms with Crippen LogP contribution in [0.2, 0.25) is 0 Å². The molecule has 0 aliphatic heterocycles. The highest BCUT2D eigenvalue weighted by Gasteiger charge is 2.09. The number of rotatable bonds is 5. The smallest absolute Gasteiger partial charge is 0.116 e. The van der Waals surface area contributed by atoms with Crippen LogP contribution in [0.5, 0.6) is 0 Å². The molecule has 2 aromatic rings. The van der Waals surface area contributed by atoms with Gasteiger partial charge < -0.3 is 5.32 Å². The highest BCUT2D eigenvalue weighted by atomic mass is 14.9. The molecule has 1 aromatic heterocycles. The van der Waals surface area contributed by atoms with Gasteiger partial charge in [0, 0.05) is 17.8 Å². The first kappa shape index (κ1) is 12.0. The molecule has 0 saturated heterocycles. The first-order chi connectivity index (χ1) is 8.35. The lowest BCUT2D eigenvalue weighted by Gasteiger charge is -2.15. The SMILES string of the molecule is CCNC(CC)Cc1ncnc2ccccc12. The summed E-state index contributed by atoms with van der Waals surface area (Å²) < 4.78 is 0. The van der Waals surface area contributed by atoms with Crippen LogP contribution in [-0.4, -0.2) is 22.6 Å².